The quantitative estimate of drug-likeness (QED) is 0.538. The molecule has 9 heteroatoms. The smallest absolute Gasteiger partial charge is 0.307 e. The van der Waals surface area contributed by atoms with Crippen LogP contribution in [-0.4, -0.2) is 31.5 Å². The van der Waals surface area contributed by atoms with Crippen molar-refractivity contribution in [2.45, 2.75) is 25.7 Å². The summed E-state index contributed by atoms with van der Waals surface area (Å²) < 4.78 is 40.8. The lowest BCUT2D eigenvalue weighted by Gasteiger charge is -2.27. The third-order valence-electron chi connectivity index (χ3n) is 5.33. The van der Waals surface area contributed by atoms with Gasteiger partial charge in [-0.2, -0.15) is 18.3 Å². The van der Waals surface area contributed by atoms with E-state index in [0.29, 0.717) is 18.9 Å². The van der Waals surface area contributed by atoms with E-state index >= 15 is 0 Å². The number of hydrogen-bond acceptors (Lipinski definition) is 4. The molecule has 0 spiro atoms. The van der Waals surface area contributed by atoms with E-state index in [4.69, 9.17) is 0 Å². The summed E-state index contributed by atoms with van der Waals surface area (Å²) in [4.78, 5) is 0. The number of aromatic amines is 1. The first-order chi connectivity index (χ1) is 13.9. The number of nitrogens with zero attached hydrogens (tertiary/aromatic N) is 4. The standard InChI is InChI=1S/C20H17F3N6/c1-11-15-8-13(4-7-16(15)26-25-11)19-28-27-18-10-24-9-17(29(18)19)12-2-5-14(6-3-12)20(21,22)23/h2-8,17,24H,9-10H2,1H3,(H,25,26). The second-order valence-electron chi connectivity index (χ2n) is 7.15. The average molecular weight is 398 g/mol. The van der Waals surface area contributed by atoms with Gasteiger partial charge in [-0.3, -0.25) is 5.10 Å². The summed E-state index contributed by atoms with van der Waals surface area (Å²) in [5.74, 6) is 1.44. The zero-order valence-electron chi connectivity index (χ0n) is 15.5. The molecule has 1 atom stereocenters. The largest absolute Gasteiger partial charge is 0.416 e. The van der Waals surface area contributed by atoms with E-state index in [1.807, 2.05) is 29.7 Å². The van der Waals surface area contributed by atoms with Gasteiger partial charge < -0.3 is 9.88 Å². The molecule has 0 saturated heterocycles. The number of halogens is 3. The van der Waals surface area contributed by atoms with Gasteiger partial charge >= 0.3 is 6.18 Å². The molecule has 3 heterocycles. The van der Waals surface area contributed by atoms with Crippen molar-refractivity contribution in [3.8, 4) is 11.4 Å². The van der Waals surface area contributed by atoms with Gasteiger partial charge in [0.15, 0.2) is 5.82 Å². The number of aryl methyl sites for hydroxylation is 1. The van der Waals surface area contributed by atoms with Gasteiger partial charge in [0.1, 0.15) is 5.82 Å². The van der Waals surface area contributed by atoms with Crippen molar-refractivity contribution in [1.29, 1.82) is 0 Å². The molecule has 0 saturated carbocycles. The van der Waals surface area contributed by atoms with Crippen LogP contribution in [0.2, 0.25) is 0 Å². The van der Waals surface area contributed by atoms with E-state index < -0.39 is 11.7 Å². The van der Waals surface area contributed by atoms with E-state index in [1.165, 1.54) is 12.1 Å². The third kappa shape index (κ3) is 2.98. The SMILES string of the molecule is Cc1n[nH]c2ccc(-c3nnc4n3C(c3ccc(C(F)(F)F)cc3)CNC4)cc12. The van der Waals surface area contributed by atoms with Crippen molar-refractivity contribution in [2.24, 2.45) is 0 Å². The van der Waals surface area contributed by atoms with Crippen LogP contribution in [0.25, 0.3) is 22.3 Å². The lowest BCUT2D eigenvalue weighted by Crippen LogP contribution is -2.34. The Bertz CT molecular complexity index is 1190. The van der Waals surface area contributed by atoms with E-state index in [-0.39, 0.29) is 6.04 Å². The van der Waals surface area contributed by atoms with Crippen molar-refractivity contribution in [2.75, 3.05) is 6.54 Å². The Morgan fingerprint density at radius 3 is 2.62 bits per heavy atom. The minimum Gasteiger partial charge on any atom is -0.307 e. The molecular formula is C20H17F3N6. The van der Waals surface area contributed by atoms with E-state index in [2.05, 4.69) is 25.7 Å². The van der Waals surface area contributed by atoms with Crippen molar-refractivity contribution >= 4 is 10.9 Å². The summed E-state index contributed by atoms with van der Waals surface area (Å²) in [5, 5.41) is 20.2. The Kier molecular flexibility index (Phi) is 3.95. The average Bonchev–Trinajstić information content (AvgIpc) is 3.31. The van der Waals surface area contributed by atoms with Crippen molar-refractivity contribution < 1.29 is 13.2 Å². The second kappa shape index (κ2) is 6.41. The highest BCUT2D eigenvalue weighted by atomic mass is 19.4. The van der Waals surface area contributed by atoms with Crippen LogP contribution in [-0.2, 0) is 12.7 Å². The first-order valence-corrected chi connectivity index (χ1v) is 9.18. The van der Waals surface area contributed by atoms with E-state index in [0.717, 1.165) is 45.7 Å². The highest BCUT2D eigenvalue weighted by molar-refractivity contribution is 5.85. The fraction of sp³-hybridized carbons (Fsp3) is 0.250. The van der Waals surface area contributed by atoms with Crippen LogP contribution >= 0.6 is 0 Å². The summed E-state index contributed by atoms with van der Waals surface area (Å²) in [6.07, 6.45) is -4.35. The molecule has 1 aliphatic heterocycles. The van der Waals surface area contributed by atoms with Gasteiger partial charge in [0.05, 0.1) is 29.4 Å². The number of rotatable bonds is 2. The number of hydrogen-bond donors (Lipinski definition) is 2. The summed E-state index contributed by atoms with van der Waals surface area (Å²) >= 11 is 0. The van der Waals surface area contributed by atoms with Crippen molar-refractivity contribution in [1.82, 2.24) is 30.3 Å². The van der Waals surface area contributed by atoms with Crippen LogP contribution in [0.3, 0.4) is 0 Å². The van der Waals surface area contributed by atoms with Gasteiger partial charge in [0.25, 0.3) is 0 Å². The van der Waals surface area contributed by atoms with Crippen LogP contribution in [0.15, 0.2) is 42.5 Å². The normalized spacial score (nSPS) is 16.9. The van der Waals surface area contributed by atoms with Gasteiger partial charge in [-0.05, 0) is 42.8 Å². The Labute approximate surface area is 163 Å². The maximum absolute atomic E-state index is 12.9. The van der Waals surface area contributed by atoms with Crippen molar-refractivity contribution in [3.05, 3.63) is 65.1 Å². The molecule has 0 amide bonds. The molecule has 1 unspecified atom stereocenters. The molecule has 1 aliphatic rings. The molecule has 0 aliphatic carbocycles. The Hall–Kier alpha value is -3.20. The highest BCUT2D eigenvalue weighted by Gasteiger charge is 2.31. The lowest BCUT2D eigenvalue weighted by molar-refractivity contribution is -0.137. The molecule has 0 bridgehead atoms. The molecule has 148 valence electrons. The predicted molar refractivity (Wildman–Crippen MR) is 101 cm³/mol. The Morgan fingerprint density at radius 2 is 1.86 bits per heavy atom. The first kappa shape index (κ1) is 17.9. The molecule has 2 aromatic carbocycles. The van der Waals surface area contributed by atoms with Crippen molar-refractivity contribution in [3.63, 3.8) is 0 Å². The molecule has 6 nitrogen and oxygen atoms in total. The number of aromatic nitrogens is 5. The molecule has 0 fully saturated rings. The number of benzene rings is 2. The number of nitrogens with one attached hydrogen (secondary N) is 2. The zero-order chi connectivity index (χ0) is 20.2. The summed E-state index contributed by atoms with van der Waals surface area (Å²) in [6, 6.07) is 11.0. The summed E-state index contributed by atoms with van der Waals surface area (Å²) in [5.41, 5.74) is 2.83. The van der Waals surface area contributed by atoms with Crippen LogP contribution in [0.5, 0.6) is 0 Å². The minimum atomic E-state index is -4.35. The molecule has 2 N–H and O–H groups in total. The van der Waals surface area contributed by atoms with E-state index in [9.17, 15) is 13.2 Å². The Morgan fingerprint density at radius 1 is 1.07 bits per heavy atom. The number of alkyl halides is 3. The lowest BCUT2D eigenvalue weighted by atomic mass is 10.0. The minimum absolute atomic E-state index is 0.202. The van der Waals surface area contributed by atoms with Crippen LogP contribution in [0.1, 0.15) is 28.7 Å². The third-order valence-corrected chi connectivity index (χ3v) is 5.33. The van der Waals surface area contributed by atoms with Crippen LogP contribution < -0.4 is 5.32 Å². The monoisotopic (exact) mass is 398 g/mol. The van der Waals surface area contributed by atoms with Crippen LogP contribution in [0.4, 0.5) is 13.2 Å². The second-order valence-corrected chi connectivity index (χ2v) is 7.15. The van der Waals surface area contributed by atoms with Gasteiger partial charge in [-0.1, -0.05) is 12.1 Å². The van der Waals surface area contributed by atoms with E-state index in [1.54, 1.807) is 0 Å². The molecule has 29 heavy (non-hydrogen) atoms. The maximum Gasteiger partial charge on any atom is 0.416 e. The number of fused-ring (bicyclic) bond motifs is 2. The molecular weight excluding hydrogens is 381 g/mol. The fourth-order valence-corrected chi connectivity index (χ4v) is 3.83. The molecule has 5 rings (SSSR count). The maximum atomic E-state index is 12.9. The van der Waals surface area contributed by atoms with Gasteiger partial charge in [-0.25, -0.2) is 0 Å². The fourth-order valence-electron chi connectivity index (χ4n) is 3.83. The first-order valence-electron chi connectivity index (χ1n) is 9.18. The van der Waals surface area contributed by atoms with Crippen LogP contribution in [0, 0.1) is 6.92 Å². The number of H-pyrrole nitrogens is 1. The predicted octanol–water partition coefficient (Wildman–Crippen LogP) is 3.84. The zero-order valence-corrected chi connectivity index (χ0v) is 15.5. The topological polar surface area (TPSA) is 71.4 Å². The van der Waals surface area contributed by atoms with Gasteiger partial charge in [-0.15, -0.1) is 10.2 Å². The van der Waals surface area contributed by atoms with Gasteiger partial charge in [0.2, 0.25) is 0 Å². The van der Waals surface area contributed by atoms with Gasteiger partial charge in [0, 0.05) is 17.5 Å². The summed E-state index contributed by atoms with van der Waals surface area (Å²) in [6.45, 7) is 3.06. The highest BCUT2D eigenvalue weighted by Crippen LogP contribution is 2.33. The summed E-state index contributed by atoms with van der Waals surface area (Å²) in [7, 11) is 0. The molecule has 4 aromatic rings. The molecule has 2 aromatic heterocycles. The molecule has 0 radical (unpaired) electrons. The Balaban J connectivity index is 1.59.